The Bertz CT molecular complexity index is 680. The SMILES string of the molecule is CC[C@H](OC)c1nc(CC(N)=O)nn1-c1ccc(Cl)cc1C. The van der Waals surface area contributed by atoms with Crippen LogP contribution < -0.4 is 5.73 Å². The fraction of sp³-hybridized carbons (Fsp3) is 0.400. The number of primary amides is 1. The molecule has 0 aliphatic rings. The Morgan fingerprint density at radius 2 is 2.23 bits per heavy atom. The zero-order chi connectivity index (χ0) is 16.3. The highest BCUT2D eigenvalue weighted by Gasteiger charge is 2.21. The van der Waals surface area contributed by atoms with Gasteiger partial charge >= 0.3 is 0 Å². The number of halogens is 1. The number of nitrogens with zero attached hydrogens (tertiary/aromatic N) is 3. The zero-order valence-electron chi connectivity index (χ0n) is 12.8. The highest BCUT2D eigenvalue weighted by molar-refractivity contribution is 6.30. The molecule has 0 spiro atoms. The summed E-state index contributed by atoms with van der Waals surface area (Å²) in [6, 6.07) is 5.51. The van der Waals surface area contributed by atoms with Crippen molar-refractivity contribution in [2.45, 2.75) is 32.8 Å². The molecule has 2 aromatic rings. The van der Waals surface area contributed by atoms with Crippen LogP contribution in [-0.2, 0) is 16.0 Å². The van der Waals surface area contributed by atoms with Crippen LogP contribution in [0.4, 0.5) is 0 Å². The van der Waals surface area contributed by atoms with E-state index in [4.69, 9.17) is 22.1 Å². The molecule has 6 nitrogen and oxygen atoms in total. The Hall–Kier alpha value is -1.92. The van der Waals surface area contributed by atoms with E-state index >= 15 is 0 Å². The van der Waals surface area contributed by atoms with Crippen LogP contribution in [0.25, 0.3) is 5.69 Å². The Morgan fingerprint density at radius 1 is 1.50 bits per heavy atom. The Labute approximate surface area is 134 Å². The van der Waals surface area contributed by atoms with Crippen molar-refractivity contribution in [3.8, 4) is 5.69 Å². The lowest BCUT2D eigenvalue weighted by atomic mass is 10.2. The van der Waals surface area contributed by atoms with Gasteiger partial charge in [0.15, 0.2) is 11.6 Å². The lowest BCUT2D eigenvalue weighted by Crippen LogP contribution is -2.14. The maximum Gasteiger partial charge on any atom is 0.225 e. The van der Waals surface area contributed by atoms with Gasteiger partial charge in [-0.25, -0.2) is 9.67 Å². The van der Waals surface area contributed by atoms with Crippen LogP contribution in [0.2, 0.25) is 5.02 Å². The number of ether oxygens (including phenoxy) is 1. The monoisotopic (exact) mass is 322 g/mol. The molecule has 22 heavy (non-hydrogen) atoms. The van der Waals surface area contributed by atoms with Crippen molar-refractivity contribution >= 4 is 17.5 Å². The average Bonchev–Trinajstić information content (AvgIpc) is 2.83. The second-order valence-corrected chi connectivity index (χ2v) is 5.44. The molecule has 0 saturated carbocycles. The maximum atomic E-state index is 11.1. The molecule has 2 N–H and O–H groups in total. The fourth-order valence-corrected chi connectivity index (χ4v) is 2.52. The van der Waals surface area contributed by atoms with E-state index < -0.39 is 5.91 Å². The number of rotatable bonds is 6. The number of benzene rings is 1. The Kier molecular flexibility index (Phi) is 5.15. The van der Waals surface area contributed by atoms with E-state index in [1.54, 1.807) is 17.9 Å². The third-order valence-electron chi connectivity index (χ3n) is 3.34. The van der Waals surface area contributed by atoms with Gasteiger partial charge in [0.05, 0.1) is 12.1 Å². The molecule has 7 heteroatoms. The van der Waals surface area contributed by atoms with Gasteiger partial charge in [0, 0.05) is 12.1 Å². The van der Waals surface area contributed by atoms with Gasteiger partial charge in [0.25, 0.3) is 0 Å². The summed E-state index contributed by atoms with van der Waals surface area (Å²) in [6.07, 6.45) is 0.508. The highest BCUT2D eigenvalue weighted by atomic mass is 35.5. The van der Waals surface area contributed by atoms with Crippen molar-refractivity contribution in [2.24, 2.45) is 5.73 Å². The van der Waals surface area contributed by atoms with E-state index in [-0.39, 0.29) is 12.5 Å². The van der Waals surface area contributed by atoms with Gasteiger partial charge < -0.3 is 10.5 Å². The average molecular weight is 323 g/mol. The van der Waals surface area contributed by atoms with Gasteiger partial charge in [0.2, 0.25) is 5.91 Å². The molecule has 1 aromatic heterocycles. The fourth-order valence-electron chi connectivity index (χ4n) is 2.30. The summed E-state index contributed by atoms with van der Waals surface area (Å²) in [6.45, 7) is 3.93. The molecule has 0 unspecified atom stereocenters. The minimum absolute atomic E-state index is 0.00716. The van der Waals surface area contributed by atoms with Crippen LogP contribution >= 0.6 is 11.6 Å². The number of hydrogen-bond donors (Lipinski definition) is 1. The van der Waals surface area contributed by atoms with Crippen molar-refractivity contribution < 1.29 is 9.53 Å². The first kappa shape index (κ1) is 16.5. The quantitative estimate of drug-likeness (QED) is 0.885. The normalized spacial score (nSPS) is 12.4. The lowest BCUT2D eigenvalue weighted by molar-refractivity contribution is -0.117. The van der Waals surface area contributed by atoms with Crippen LogP contribution in [0.15, 0.2) is 18.2 Å². The third-order valence-corrected chi connectivity index (χ3v) is 3.57. The van der Waals surface area contributed by atoms with Crippen LogP contribution in [0, 0.1) is 6.92 Å². The minimum atomic E-state index is -0.470. The molecule has 1 amide bonds. The molecule has 0 saturated heterocycles. The van der Waals surface area contributed by atoms with Crippen LogP contribution in [0.1, 0.15) is 36.7 Å². The largest absolute Gasteiger partial charge is 0.373 e. The molecule has 118 valence electrons. The van der Waals surface area contributed by atoms with Gasteiger partial charge in [-0.3, -0.25) is 4.79 Å². The molecule has 0 bridgehead atoms. The molecular formula is C15H19ClN4O2. The Morgan fingerprint density at radius 3 is 2.77 bits per heavy atom. The summed E-state index contributed by atoms with van der Waals surface area (Å²) < 4.78 is 7.16. The number of aromatic nitrogens is 3. The minimum Gasteiger partial charge on any atom is -0.373 e. The van der Waals surface area contributed by atoms with Crippen LogP contribution in [0.5, 0.6) is 0 Å². The lowest BCUT2D eigenvalue weighted by Gasteiger charge is -2.15. The van der Waals surface area contributed by atoms with Crippen molar-refractivity contribution in [3.05, 3.63) is 40.4 Å². The van der Waals surface area contributed by atoms with E-state index in [0.717, 1.165) is 17.7 Å². The number of hydrogen-bond acceptors (Lipinski definition) is 4. The molecule has 1 atom stereocenters. The molecule has 0 aliphatic carbocycles. The predicted molar refractivity (Wildman–Crippen MR) is 84.0 cm³/mol. The van der Waals surface area contributed by atoms with E-state index in [2.05, 4.69) is 10.1 Å². The second-order valence-electron chi connectivity index (χ2n) is 5.00. The molecule has 0 radical (unpaired) electrons. The third kappa shape index (κ3) is 3.45. The topological polar surface area (TPSA) is 83.0 Å². The van der Waals surface area contributed by atoms with Gasteiger partial charge in [0.1, 0.15) is 6.10 Å². The summed E-state index contributed by atoms with van der Waals surface area (Å²) in [5.41, 5.74) is 7.04. The van der Waals surface area contributed by atoms with Crippen molar-refractivity contribution in [2.75, 3.05) is 7.11 Å². The number of methoxy groups -OCH3 is 1. The number of carbonyl (C=O) groups excluding carboxylic acids is 1. The number of carbonyl (C=O) groups is 1. The van der Waals surface area contributed by atoms with E-state index in [1.807, 2.05) is 26.0 Å². The summed E-state index contributed by atoms with van der Waals surface area (Å²) in [5, 5.41) is 5.06. The van der Waals surface area contributed by atoms with E-state index in [1.165, 1.54) is 0 Å². The molecule has 0 aliphatic heterocycles. The summed E-state index contributed by atoms with van der Waals surface area (Å²) >= 11 is 6.00. The molecular weight excluding hydrogens is 304 g/mol. The summed E-state index contributed by atoms with van der Waals surface area (Å²) in [4.78, 5) is 15.6. The maximum absolute atomic E-state index is 11.1. The predicted octanol–water partition coefficient (Wildman–Crippen LogP) is 2.35. The number of nitrogens with two attached hydrogens (primary N) is 1. The molecule has 2 rings (SSSR count). The molecule has 1 heterocycles. The first-order valence-electron chi connectivity index (χ1n) is 6.99. The van der Waals surface area contributed by atoms with Crippen LogP contribution in [-0.4, -0.2) is 27.8 Å². The van der Waals surface area contributed by atoms with Crippen molar-refractivity contribution in [1.29, 1.82) is 0 Å². The number of amides is 1. The van der Waals surface area contributed by atoms with Gasteiger partial charge in [-0.05, 0) is 37.1 Å². The first-order valence-corrected chi connectivity index (χ1v) is 7.37. The standard InChI is InChI=1S/C15H19ClN4O2/c1-4-12(22-3)15-18-14(8-13(17)21)19-20(15)11-6-5-10(16)7-9(11)2/h5-7,12H,4,8H2,1-3H3,(H2,17,21)/t12-/m0/s1. The zero-order valence-corrected chi connectivity index (χ0v) is 13.6. The van der Waals surface area contributed by atoms with Crippen molar-refractivity contribution in [1.82, 2.24) is 14.8 Å². The second kappa shape index (κ2) is 6.89. The highest BCUT2D eigenvalue weighted by Crippen LogP contribution is 2.25. The molecule has 1 aromatic carbocycles. The summed E-state index contributed by atoms with van der Waals surface area (Å²) in [5.74, 6) is 0.556. The number of aryl methyl sites for hydroxylation is 1. The molecule has 0 fully saturated rings. The van der Waals surface area contributed by atoms with Crippen LogP contribution in [0.3, 0.4) is 0 Å². The first-order chi connectivity index (χ1) is 10.5. The van der Waals surface area contributed by atoms with Gasteiger partial charge in [-0.15, -0.1) is 0 Å². The van der Waals surface area contributed by atoms with E-state index in [9.17, 15) is 4.79 Å². The summed E-state index contributed by atoms with van der Waals surface area (Å²) in [7, 11) is 1.62. The van der Waals surface area contributed by atoms with E-state index in [0.29, 0.717) is 16.7 Å². The van der Waals surface area contributed by atoms with Crippen molar-refractivity contribution in [3.63, 3.8) is 0 Å². The Balaban J connectivity index is 2.56. The van der Waals surface area contributed by atoms with Gasteiger partial charge in [-0.2, -0.15) is 5.10 Å². The van der Waals surface area contributed by atoms with Gasteiger partial charge in [-0.1, -0.05) is 18.5 Å². The smallest absolute Gasteiger partial charge is 0.225 e.